The molecule has 1 N–H and O–H groups in total. The molecule has 1 fully saturated rings. The summed E-state index contributed by atoms with van der Waals surface area (Å²) in [6.07, 6.45) is -0.693. The van der Waals surface area contributed by atoms with E-state index in [0.717, 1.165) is 0 Å². The van der Waals surface area contributed by atoms with E-state index < -0.39 is 28.1 Å². The fourth-order valence-electron chi connectivity index (χ4n) is 2.56. The lowest BCUT2D eigenvalue weighted by molar-refractivity contribution is -0.145. The van der Waals surface area contributed by atoms with Crippen LogP contribution in [0, 0.1) is 6.92 Å². The van der Waals surface area contributed by atoms with Crippen molar-refractivity contribution >= 4 is 39.3 Å². The summed E-state index contributed by atoms with van der Waals surface area (Å²) in [6, 6.07) is 10.4. The number of anilines is 1. The van der Waals surface area contributed by atoms with E-state index in [1.54, 1.807) is 25.1 Å². The minimum Gasteiger partial charge on any atom is -0.463 e. The van der Waals surface area contributed by atoms with Gasteiger partial charge in [0.05, 0.1) is 22.8 Å². The Hall–Kier alpha value is -2.58. The lowest BCUT2D eigenvalue weighted by Crippen LogP contribution is -2.23. The third-order valence-electron chi connectivity index (χ3n) is 3.93. The zero-order valence-corrected chi connectivity index (χ0v) is 15.8. The standard InChI is InChI=1S/C18H16ClNO6S/c1-11-5-6-12(17(21)26-15-7-8-25-18(15)22)9-16(11)27(23,24)20-14-4-2-3-13(19)10-14/h2-6,9-10,15,20H,7-8H2,1H3/t15-/m1/s1. The highest BCUT2D eigenvalue weighted by atomic mass is 35.5. The van der Waals surface area contributed by atoms with Crippen LogP contribution in [0.2, 0.25) is 5.02 Å². The molecule has 0 aromatic heterocycles. The first-order valence-corrected chi connectivity index (χ1v) is 9.89. The number of ether oxygens (including phenoxy) is 2. The molecule has 1 saturated heterocycles. The highest BCUT2D eigenvalue weighted by Crippen LogP contribution is 2.23. The van der Waals surface area contributed by atoms with Crippen LogP contribution in [0.4, 0.5) is 5.69 Å². The number of rotatable bonds is 5. The molecule has 0 amide bonds. The number of nitrogens with one attached hydrogen (secondary N) is 1. The van der Waals surface area contributed by atoms with Crippen LogP contribution in [0.3, 0.4) is 0 Å². The minimum atomic E-state index is -3.96. The Morgan fingerprint density at radius 1 is 1.26 bits per heavy atom. The monoisotopic (exact) mass is 409 g/mol. The molecule has 7 nitrogen and oxygen atoms in total. The van der Waals surface area contributed by atoms with E-state index in [0.29, 0.717) is 16.3 Å². The first-order chi connectivity index (χ1) is 12.8. The second kappa shape index (κ2) is 7.58. The molecule has 0 bridgehead atoms. The third kappa shape index (κ3) is 4.40. The second-order valence-corrected chi connectivity index (χ2v) is 8.03. The van der Waals surface area contributed by atoms with Crippen molar-refractivity contribution in [2.45, 2.75) is 24.3 Å². The lowest BCUT2D eigenvalue weighted by Gasteiger charge is -2.13. The average Bonchev–Trinajstić information content (AvgIpc) is 2.99. The number of aryl methyl sites for hydroxylation is 1. The van der Waals surface area contributed by atoms with E-state index >= 15 is 0 Å². The number of benzene rings is 2. The van der Waals surface area contributed by atoms with E-state index in [-0.39, 0.29) is 23.5 Å². The van der Waals surface area contributed by atoms with Gasteiger partial charge < -0.3 is 9.47 Å². The highest BCUT2D eigenvalue weighted by Gasteiger charge is 2.31. The number of carbonyl (C=O) groups excluding carboxylic acids is 2. The molecule has 2 aromatic rings. The number of carbonyl (C=O) groups is 2. The van der Waals surface area contributed by atoms with Gasteiger partial charge in [0.15, 0.2) is 0 Å². The number of hydrogen-bond acceptors (Lipinski definition) is 6. The largest absolute Gasteiger partial charge is 0.463 e. The van der Waals surface area contributed by atoms with Gasteiger partial charge in [0, 0.05) is 11.4 Å². The van der Waals surface area contributed by atoms with Gasteiger partial charge in [-0.3, -0.25) is 4.72 Å². The fourth-order valence-corrected chi connectivity index (χ4v) is 4.07. The van der Waals surface area contributed by atoms with Gasteiger partial charge in [-0.05, 0) is 42.8 Å². The van der Waals surface area contributed by atoms with E-state index in [9.17, 15) is 18.0 Å². The van der Waals surface area contributed by atoms with Gasteiger partial charge >= 0.3 is 11.9 Å². The van der Waals surface area contributed by atoms with E-state index in [1.807, 2.05) is 0 Å². The molecule has 0 unspecified atom stereocenters. The van der Waals surface area contributed by atoms with E-state index in [2.05, 4.69) is 4.72 Å². The lowest BCUT2D eigenvalue weighted by atomic mass is 10.1. The predicted molar refractivity (Wildman–Crippen MR) is 98.2 cm³/mol. The summed E-state index contributed by atoms with van der Waals surface area (Å²) in [5.74, 6) is -1.40. The number of hydrogen-bond donors (Lipinski definition) is 1. The maximum Gasteiger partial charge on any atom is 0.347 e. The first-order valence-electron chi connectivity index (χ1n) is 8.03. The van der Waals surface area contributed by atoms with E-state index in [1.165, 1.54) is 24.3 Å². The smallest absolute Gasteiger partial charge is 0.347 e. The Bertz CT molecular complexity index is 1000. The molecule has 2 aromatic carbocycles. The second-order valence-electron chi connectivity index (χ2n) is 5.95. The Balaban J connectivity index is 1.86. The normalized spacial score (nSPS) is 16.7. The van der Waals surface area contributed by atoms with Crippen LogP contribution in [-0.2, 0) is 24.3 Å². The van der Waals surface area contributed by atoms with Gasteiger partial charge in [-0.25, -0.2) is 18.0 Å². The SMILES string of the molecule is Cc1ccc(C(=O)O[C@@H]2CCOC2=O)cc1S(=O)(=O)Nc1cccc(Cl)c1. The van der Waals surface area contributed by atoms with Crippen LogP contribution in [0.15, 0.2) is 47.4 Å². The summed E-state index contributed by atoms with van der Waals surface area (Å²) >= 11 is 5.88. The molecule has 27 heavy (non-hydrogen) atoms. The molecule has 142 valence electrons. The molecular formula is C18H16ClNO6S. The number of halogens is 1. The summed E-state index contributed by atoms with van der Waals surface area (Å²) in [5, 5.41) is 0.382. The number of cyclic esters (lactones) is 1. The minimum absolute atomic E-state index is 0.0202. The molecule has 0 aliphatic carbocycles. The molecule has 1 aliphatic heterocycles. The van der Waals surface area contributed by atoms with Crippen LogP contribution in [0.1, 0.15) is 22.3 Å². The van der Waals surface area contributed by atoms with Crippen molar-refractivity contribution in [1.82, 2.24) is 0 Å². The summed E-state index contributed by atoms with van der Waals surface area (Å²) in [5.41, 5.74) is 0.761. The van der Waals surface area contributed by atoms with Gasteiger partial charge in [-0.15, -0.1) is 0 Å². The molecule has 3 rings (SSSR count). The van der Waals surface area contributed by atoms with Gasteiger partial charge in [-0.1, -0.05) is 23.7 Å². The zero-order chi connectivity index (χ0) is 19.6. The molecule has 0 radical (unpaired) electrons. The molecule has 1 heterocycles. The summed E-state index contributed by atoms with van der Waals surface area (Å²) in [6.45, 7) is 1.80. The van der Waals surface area contributed by atoms with Gasteiger partial charge in [0.1, 0.15) is 0 Å². The first kappa shape index (κ1) is 19.2. The van der Waals surface area contributed by atoms with Crippen LogP contribution in [0.25, 0.3) is 0 Å². The van der Waals surface area contributed by atoms with Crippen molar-refractivity contribution in [3.63, 3.8) is 0 Å². The molecule has 0 spiro atoms. The van der Waals surface area contributed by atoms with Crippen molar-refractivity contribution < 1.29 is 27.5 Å². The van der Waals surface area contributed by atoms with Crippen LogP contribution in [-0.4, -0.2) is 33.1 Å². The van der Waals surface area contributed by atoms with Crippen LogP contribution in [0.5, 0.6) is 0 Å². The number of esters is 2. The van der Waals surface area contributed by atoms with Crippen LogP contribution >= 0.6 is 11.6 Å². The maximum atomic E-state index is 12.7. The zero-order valence-electron chi connectivity index (χ0n) is 14.3. The Labute approximate surface area is 161 Å². The average molecular weight is 410 g/mol. The Morgan fingerprint density at radius 2 is 2.04 bits per heavy atom. The summed E-state index contributed by atoms with van der Waals surface area (Å²) in [7, 11) is -3.96. The molecule has 1 atom stereocenters. The maximum absolute atomic E-state index is 12.7. The van der Waals surface area contributed by atoms with E-state index in [4.69, 9.17) is 21.1 Å². The predicted octanol–water partition coefficient (Wildman–Crippen LogP) is 2.92. The van der Waals surface area contributed by atoms with Crippen molar-refractivity contribution in [1.29, 1.82) is 0 Å². The van der Waals surface area contributed by atoms with Gasteiger partial charge in [-0.2, -0.15) is 0 Å². The highest BCUT2D eigenvalue weighted by molar-refractivity contribution is 7.92. The molecule has 1 aliphatic rings. The van der Waals surface area contributed by atoms with Crippen molar-refractivity contribution in [2.24, 2.45) is 0 Å². The fraction of sp³-hybridized carbons (Fsp3) is 0.222. The third-order valence-corrected chi connectivity index (χ3v) is 5.69. The number of sulfonamides is 1. The van der Waals surface area contributed by atoms with Gasteiger partial charge in [0.2, 0.25) is 6.10 Å². The Kier molecular flexibility index (Phi) is 5.38. The quantitative estimate of drug-likeness (QED) is 0.762. The topological polar surface area (TPSA) is 98.8 Å². The van der Waals surface area contributed by atoms with Crippen molar-refractivity contribution in [3.05, 3.63) is 58.6 Å². The van der Waals surface area contributed by atoms with Crippen molar-refractivity contribution in [3.8, 4) is 0 Å². The Morgan fingerprint density at radius 3 is 2.70 bits per heavy atom. The molecule has 0 saturated carbocycles. The molecule has 9 heteroatoms. The van der Waals surface area contributed by atoms with Crippen molar-refractivity contribution in [2.75, 3.05) is 11.3 Å². The molecular weight excluding hydrogens is 394 g/mol. The van der Waals surface area contributed by atoms with Gasteiger partial charge in [0.25, 0.3) is 10.0 Å². The summed E-state index contributed by atoms with van der Waals surface area (Å²) < 4.78 is 37.7. The summed E-state index contributed by atoms with van der Waals surface area (Å²) in [4.78, 5) is 23.6. The van der Waals surface area contributed by atoms with Crippen LogP contribution < -0.4 is 4.72 Å².